The molecule has 29 heavy (non-hydrogen) atoms. The van der Waals surface area contributed by atoms with E-state index in [2.05, 4.69) is 53.3 Å². The molecule has 1 saturated heterocycles. The Kier molecular flexibility index (Phi) is 5.58. The van der Waals surface area contributed by atoms with Crippen LogP contribution in [0.4, 0.5) is 11.4 Å². The summed E-state index contributed by atoms with van der Waals surface area (Å²) < 4.78 is 0. The molecular formula is C24H29N3O2. The van der Waals surface area contributed by atoms with Crippen molar-refractivity contribution in [3.63, 3.8) is 0 Å². The number of benzene rings is 2. The molecule has 0 amide bonds. The van der Waals surface area contributed by atoms with E-state index < -0.39 is 0 Å². The molecule has 2 aromatic carbocycles. The van der Waals surface area contributed by atoms with Gasteiger partial charge < -0.3 is 20.3 Å². The normalized spacial score (nSPS) is 17.1. The predicted octanol–water partition coefficient (Wildman–Crippen LogP) is 4.22. The fourth-order valence-corrected chi connectivity index (χ4v) is 3.94. The zero-order chi connectivity index (χ0) is 20.4. The Morgan fingerprint density at radius 3 is 2.69 bits per heavy atom. The van der Waals surface area contributed by atoms with E-state index >= 15 is 0 Å². The van der Waals surface area contributed by atoms with Crippen molar-refractivity contribution in [3.05, 3.63) is 70.0 Å². The molecule has 0 radical (unpaired) electrons. The molecule has 1 aliphatic heterocycles. The third-order valence-electron chi connectivity index (χ3n) is 5.72. The first kappa shape index (κ1) is 19.5. The van der Waals surface area contributed by atoms with Gasteiger partial charge in [-0.3, -0.25) is 4.79 Å². The molecule has 2 heterocycles. The van der Waals surface area contributed by atoms with Gasteiger partial charge in [-0.1, -0.05) is 19.9 Å². The van der Waals surface area contributed by atoms with Crippen LogP contribution in [0.25, 0.3) is 10.9 Å². The first-order chi connectivity index (χ1) is 14.0. The van der Waals surface area contributed by atoms with Gasteiger partial charge in [-0.05, 0) is 72.2 Å². The summed E-state index contributed by atoms with van der Waals surface area (Å²) in [5.74, 6) is 0.451. The zero-order valence-corrected chi connectivity index (χ0v) is 17.1. The molecule has 3 N–H and O–H groups in total. The fraction of sp³-hybridized carbons (Fsp3) is 0.375. The number of H-pyrrole nitrogens is 1. The summed E-state index contributed by atoms with van der Waals surface area (Å²) in [7, 11) is 0. The van der Waals surface area contributed by atoms with Crippen molar-refractivity contribution in [1.29, 1.82) is 0 Å². The number of pyridine rings is 1. The molecule has 152 valence electrons. The van der Waals surface area contributed by atoms with Crippen LogP contribution in [0.3, 0.4) is 0 Å². The van der Waals surface area contributed by atoms with E-state index in [1.54, 1.807) is 0 Å². The van der Waals surface area contributed by atoms with E-state index in [9.17, 15) is 9.90 Å². The van der Waals surface area contributed by atoms with Crippen molar-refractivity contribution in [3.8, 4) is 0 Å². The number of nitrogens with one attached hydrogen (secondary N) is 2. The molecule has 4 rings (SSSR count). The molecule has 5 heteroatoms. The molecule has 1 aromatic heterocycles. The highest BCUT2D eigenvalue weighted by Crippen LogP contribution is 2.23. The van der Waals surface area contributed by atoms with Gasteiger partial charge >= 0.3 is 0 Å². The maximum absolute atomic E-state index is 12.4. The highest BCUT2D eigenvalue weighted by Gasteiger charge is 2.17. The second-order valence-corrected chi connectivity index (χ2v) is 8.27. The van der Waals surface area contributed by atoms with Gasteiger partial charge in [-0.15, -0.1) is 0 Å². The number of fused-ring (bicyclic) bond motifs is 1. The number of anilines is 2. The van der Waals surface area contributed by atoms with Gasteiger partial charge in [0.2, 0.25) is 0 Å². The second-order valence-electron chi connectivity index (χ2n) is 8.27. The number of hydrogen-bond acceptors (Lipinski definition) is 4. The molecule has 1 fully saturated rings. The van der Waals surface area contributed by atoms with Crippen molar-refractivity contribution in [2.45, 2.75) is 45.3 Å². The summed E-state index contributed by atoms with van der Waals surface area (Å²) in [6.45, 7) is 6.48. The van der Waals surface area contributed by atoms with E-state index in [4.69, 9.17) is 0 Å². The van der Waals surface area contributed by atoms with Crippen LogP contribution in [0.15, 0.2) is 53.3 Å². The maximum Gasteiger partial charge on any atom is 0.253 e. The van der Waals surface area contributed by atoms with Gasteiger partial charge in [-0.2, -0.15) is 0 Å². The minimum atomic E-state index is -0.239. The Bertz CT molecular complexity index is 1040. The quantitative estimate of drug-likeness (QED) is 0.609. The highest BCUT2D eigenvalue weighted by atomic mass is 16.3. The largest absolute Gasteiger partial charge is 0.391 e. The predicted molar refractivity (Wildman–Crippen MR) is 120 cm³/mol. The fourth-order valence-electron chi connectivity index (χ4n) is 3.94. The number of aliphatic hydroxyl groups is 1. The minimum Gasteiger partial charge on any atom is -0.391 e. The molecular weight excluding hydrogens is 362 g/mol. The molecule has 1 atom stereocenters. The SMILES string of the molecule is CC(C)c1ccc2[nH]c(=O)c(CNc3ccc(N4CCC[C@H](O)C4)cc3)cc2c1. The van der Waals surface area contributed by atoms with Crippen molar-refractivity contribution >= 4 is 22.3 Å². The van der Waals surface area contributed by atoms with E-state index in [0.717, 1.165) is 47.2 Å². The first-order valence-corrected chi connectivity index (χ1v) is 10.4. The highest BCUT2D eigenvalue weighted by molar-refractivity contribution is 5.80. The lowest BCUT2D eigenvalue weighted by Gasteiger charge is -2.32. The zero-order valence-electron chi connectivity index (χ0n) is 17.1. The van der Waals surface area contributed by atoms with Gasteiger partial charge in [-0.25, -0.2) is 0 Å². The van der Waals surface area contributed by atoms with Gasteiger partial charge in [0.25, 0.3) is 5.56 Å². The summed E-state index contributed by atoms with van der Waals surface area (Å²) >= 11 is 0. The number of hydrogen-bond donors (Lipinski definition) is 3. The third kappa shape index (κ3) is 4.46. The van der Waals surface area contributed by atoms with Crippen LogP contribution in [-0.2, 0) is 6.54 Å². The summed E-state index contributed by atoms with van der Waals surface area (Å²) in [6, 6.07) is 16.4. The van der Waals surface area contributed by atoms with Crippen LogP contribution in [-0.4, -0.2) is 29.3 Å². The van der Waals surface area contributed by atoms with Crippen LogP contribution < -0.4 is 15.8 Å². The number of nitrogens with zero attached hydrogens (tertiary/aromatic N) is 1. The number of β-amino-alcohol motifs (C(OH)–C–C–N with tert-alkyl or cyclic N) is 1. The van der Waals surface area contributed by atoms with Crippen LogP contribution in [0.5, 0.6) is 0 Å². The molecule has 1 aliphatic rings. The van der Waals surface area contributed by atoms with Crippen molar-refractivity contribution < 1.29 is 5.11 Å². The third-order valence-corrected chi connectivity index (χ3v) is 5.72. The van der Waals surface area contributed by atoms with E-state index in [-0.39, 0.29) is 11.7 Å². The molecule has 0 unspecified atom stereocenters. The van der Waals surface area contributed by atoms with Gasteiger partial charge in [0.1, 0.15) is 0 Å². The second kappa shape index (κ2) is 8.29. The van der Waals surface area contributed by atoms with Crippen LogP contribution in [0.2, 0.25) is 0 Å². The summed E-state index contributed by atoms with van der Waals surface area (Å²) in [6.07, 6.45) is 1.66. The molecule has 0 bridgehead atoms. The minimum absolute atomic E-state index is 0.0544. The number of rotatable bonds is 5. The Morgan fingerprint density at radius 2 is 1.97 bits per heavy atom. The monoisotopic (exact) mass is 391 g/mol. The van der Waals surface area contributed by atoms with Crippen molar-refractivity contribution in [2.75, 3.05) is 23.3 Å². The van der Waals surface area contributed by atoms with Gasteiger partial charge in [0.15, 0.2) is 0 Å². The molecule has 0 saturated carbocycles. The summed E-state index contributed by atoms with van der Waals surface area (Å²) in [4.78, 5) is 17.7. The van der Waals surface area contributed by atoms with Gasteiger partial charge in [0, 0.05) is 42.1 Å². The number of aromatic amines is 1. The Labute approximate surface area is 171 Å². The smallest absolute Gasteiger partial charge is 0.253 e. The lowest BCUT2D eigenvalue weighted by atomic mass is 10.0. The van der Waals surface area contributed by atoms with Crippen LogP contribution >= 0.6 is 0 Å². The molecule has 0 spiro atoms. The van der Waals surface area contributed by atoms with E-state index in [0.29, 0.717) is 19.0 Å². The molecule has 5 nitrogen and oxygen atoms in total. The Morgan fingerprint density at radius 1 is 1.17 bits per heavy atom. The molecule has 3 aromatic rings. The van der Waals surface area contributed by atoms with E-state index in [1.807, 2.05) is 24.3 Å². The van der Waals surface area contributed by atoms with E-state index in [1.165, 1.54) is 5.56 Å². The Hall–Kier alpha value is -2.79. The number of piperidine rings is 1. The maximum atomic E-state index is 12.4. The Balaban J connectivity index is 1.47. The average molecular weight is 392 g/mol. The van der Waals surface area contributed by atoms with Crippen molar-refractivity contribution in [1.82, 2.24) is 4.98 Å². The first-order valence-electron chi connectivity index (χ1n) is 10.4. The number of aromatic nitrogens is 1. The number of aliphatic hydroxyl groups excluding tert-OH is 1. The average Bonchev–Trinajstić information content (AvgIpc) is 2.72. The lowest BCUT2D eigenvalue weighted by molar-refractivity contribution is 0.154. The standard InChI is InChI=1S/C24H29N3O2/c1-16(2)17-5-10-23-18(12-17)13-19(24(29)26-23)14-25-20-6-8-21(9-7-20)27-11-3-4-22(28)15-27/h5-10,12-13,16,22,25,28H,3-4,11,14-15H2,1-2H3,(H,26,29)/t22-/m0/s1. The summed E-state index contributed by atoms with van der Waals surface area (Å²) in [5.41, 5.74) is 4.90. The topological polar surface area (TPSA) is 68.4 Å². The molecule has 0 aliphatic carbocycles. The summed E-state index contributed by atoms with van der Waals surface area (Å²) in [5, 5.41) is 14.3. The van der Waals surface area contributed by atoms with Gasteiger partial charge in [0.05, 0.1) is 6.10 Å². The van der Waals surface area contributed by atoms with Crippen molar-refractivity contribution in [2.24, 2.45) is 0 Å². The van der Waals surface area contributed by atoms with Crippen LogP contribution in [0.1, 0.15) is 43.7 Å². The lowest BCUT2D eigenvalue weighted by Crippen LogP contribution is -2.38. The van der Waals surface area contributed by atoms with Crippen LogP contribution in [0, 0.1) is 0 Å².